The molecule has 0 bridgehead atoms. The summed E-state index contributed by atoms with van der Waals surface area (Å²) in [7, 11) is 0. The van der Waals surface area contributed by atoms with Gasteiger partial charge in [0, 0.05) is 23.2 Å². The van der Waals surface area contributed by atoms with Crippen molar-refractivity contribution in [3.05, 3.63) is 28.8 Å². The number of ether oxygens (including phenoxy) is 1. The van der Waals surface area contributed by atoms with Crippen LogP contribution in [0.2, 0.25) is 5.02 Å². The fraction of sp³-hybridized carbons (Fsp3) is 0.562. The number of rotatable bonds is 1. The van der Waals surface area contributed by atoms with Crippen molar-refractivity contribution in [2.75, 3.05) is 6.61 Å². The second-order valence-corrected chi connectivity index (χ2v) is 6.14. The monoisotopic (exact) mass is 293 g/mol. The second kappa shape index (κ2) is 6.04. The minimum atomic E-state index is 0.101. The molecule has 0 N–H and O–H groups in total. The van der Waals surface area contributed by atoms with Crippen LogP contribution in [-0.4, -0.2) is 23.5 Å². The van der Waals surface area contributed by atoms with Crippen LogP contribution in [-0.2, 0) is 11.3 Å². The Morgan fingerprint density at radius 2 is 1.90 bits per heavy atom. The molecule has 0 atom stereocenters. The van der Waals surface area contributed by atoms with Gasteiger partial charge >= 0.3 is 0 Å². The summed E-state index contributed by atoms with van der Waals surface area (Å²) in [5.41, 5.74) is 1.02. The summed E-state index contributed by atoms with van der Waals surface area (Å²) >= 11 is 6.07. The molecule has 1 heterocycles. The lowest BCUT2D eigenvalue weighted by atomic mass is 10.1. The van der Waals surface area contributed by atoms with E-state index in [-0.39, 0.29) is 12.5 Å². The number of carbonyl (C=O) groups excluding carboxylic acids is 1. The minimum absolute atomic E-state index is 0.101. The number of carbonyl (C=O) groups is 1. The average Bonchev–Trinajstić information content (AvgIpc) is 2.78. The van der Waals surface area contributed by atoms with Gasteiger partial charge in [0.2, 0.25) is 0 Å². The number of amides is 1. The summed E-state index contributed by atoms with van der Waals surface area (Å²) in [5.74, 6) is 0.892. The Hall–Kier alpha value is -1.22. The zero-order chi connectivity index (χ0) is 13.9. The van der Waals surface area contributed by atoms with E-state index < -0.39 is 0 Å². The second-order valence-electron chi connectivity index (χ2n) is 5.71. The Labute approximate surface area is 124 Å². The Bertz CT molecular complexity index is 495. The normalized spacial score (nSPS) is 20.9. The van der Waals surface area contributed by atoms with Gasteiger partial charge in [0.25, 0.3) is 5.91 Å². The summed E-state index contributed by atoms with van der Waals surface area (Å²) in [6, 6.07) is 5.95. The van der Waals surface area contributed by atoms with Gasteiger partial charge in [0.1, 0.15) is 5.75 Å². The summed E-state index contributed by atoms with van der Waals surface area (Å²) in [5, 5.41) is 0.697. The molecule has 108 valence electrons. The van der Waals surface area contributed by atoms with Crippen molar-refractivity contribution in [2.45, 2.75) is 51.1 Å². The van der Waals surface area contributed by atoms with Crippen molar-refractivity contribution < 1.29 is 9.53 Å². The van der Waals surface area contributed by atoms with Crippen LogP contribution in [0.25, 0.3) is 0 Å². The van der Waals surface area contributed by atoms with Crippen LogP contribution in [0.4, 0.5) is 0 Å². The highest BCUT2D eigenvalue weighted by Crippen LogP contribution is 2.30. The van der Waals surface area contributed by atoms with Crippen LogP contribution < -0.4 is 4.74 Å². The standard InChI is InChI=1S/C16H20ClNO2/c17-13-7-8-15-12(9-13)10-18(16(19)11-20-15)14-5-3-1-2-4-6-14/h7-9,14H,1-6,10-11H2. The van der Waals surface area contributed by atoms with E-state index in [4.69, 9.17) is 16.3 Å². The molecule has 1 amide bonds. The molecule has 1 fully saturated rings. The van der Waals surface area contributed by atoms with Gasteiger partial charge in [-0.2, -0.15) is 0 Å². The van der Waals surface area contributed by atoms with E-state index in [0.717, 1.165) is 24.2 Å². The molecule has 0 radical (unpaired) electrons. The van der Waals surface area contributed by atoms with Gasteiger partial charge in [-0.3, -0.25) is 4.79 Å². The molecule has 20 heavy (non-hydrogen) atoms. The van der Waals surface area contributed by atoms with Crippen LogP contribution >= 0.6 is 11.6 Å². The number of nitrogens with zero attached hydrogens (tertiary/aromatic N) is 1. The molecule has 0 aromatic heterocycles. The third kappa shape index (κ3) is 2.93. The minimum Gasteiger partial charge on any atom is -0.483 e. The molecule has 1 aromatic rings. The van der Waals surface area contributed by atoms with E-state index in [9.17, 15) is 4.79 Å². The first-order valence-corrected chi connectivity index (χ1v) is 7.82. The first-order valence-electron chi connectivity index (χ1n) is 7.45. The molecule has 0 unspecified atom stereocenters. The number of hydrogen-bond acceptors (Lipinski definition) is 2. The highest BCUT2D eigenvalue weighted by atomic mass is 35.5. The Balaban J connectivity index is 1.84. The maximum Gasteiger partial charge on any atom is 0.261 e. The van der Waals surface area contributed by atoms with Gasteiger partial charge in [0.05, 0.1) is 0 Å². The predicted octanol–water partition coefficient (Wildman–Crippen LogP) is 3.78. The molecule has 4 heteroatoms. The lowest BCUT2D eigenvalue weighted by Gasteiger charge is -2.29. The van der Waals surface area contributed by atoms with Crippen molar-refractivity contribution in [2.24, 2.45) is 0 Å². The maximum atomic E-state index is 12.3. The SMILES string of the molecule is O=C1COc2ccc(Cl)cc2CN1C1CCCCCC1. The van der Waals surface area contributed by atoms with Crippen LogP contribution in [0.3, 0.4) is 0 Å². The zero-order valence-corrected chi connectivity index (χ0v) is 12.4. The van der Waals surface area contributed by atoms with Crippen LogP contribution in [0.5, 0.6) is 5.75 Å². The molecule has 3 rings (SSSR count). The van der Waals surface area contributed by atoms with Gasteiger partial charge in [-0.1, -0.05) is 37.3 Å². The predicted molar refractivity (Wildman–Crippen MR) is 79.0 cm³/mol. The van der Waals surface area contributed by atoms with Crippen molar-refractivity contribution >= 4 is 17.5 Å². The average molecular weight is 294 g/mol. The maximum absolute atomic E-state index is 12.3. The quantitative estimate of drug-likeness (QED) is 0.737. The first kappa shape index (κ1) is 13.7. The molecule has 0 spiro atoms. The lowest BCUT2D eigenvalue weighted by molar-refractivity contribution is -0.135. The number of fused-ring (bicyclic) bond motifs is 1. The van der Waals surface area contributed by atoms with Crippen molar-refractivity contribution in [1.82, 2.24) is 4.90 Å². The largest absolute Gasteiger partial charge is 0.483 e. The Morgan fingerprint density at radius 3 is 2.65 bits per heavy atom. The number of halogens is 1. The number of hydrogen-bond donors (Lipinski definition) is 0. The van der Waals surface area contributed by atoms with E-state index in [2.05, 4.69) is 0 Å². The van der Waals surface area contributed by atoms with Gasteiger partial charge < -0.3 is 9.64 Å². The molecule has 2 aliphatic rings. The van der Waals surface area contributed by atoms with Gasteiger partial charge in [-0.05, 0) is 31.0 Å². The topological polar surface area (TPSA) is 29.5 Å². The van der Waals surface area contributed by atoms with E-state index in [1.54, 1.807) is 0 Å². The molecule has 1 saturated carbocycles. The molecule has 1 aliphatic heterocycles. The first-order chi connectivity index (χ1) is 9.74. The van der Waals surface area contributed by atoms with E-state index >= 15 is 0 Å². The van der Waals surface area contributed by atoms with E-state index in [0.29, 0.717) is 17.6 Å². The van der Waals surface area contributed by atoms with Crippen LogP contribution in [0.15, 0.2) is 18.2 Å². The molecular formula is C16H20ClNO2. The summed E-state index contributed by atoms with van der Waals surface area (Å²) < 4.78 is 5.62. The van der Waals surface area contributed by atoms with E-state index in [1.807, 2.05) is 23.1 Å². The molecular weight excluding hydrogens is 274 g/mol. The Morgan fingerprint density at radius 1 is 1.15 bits per heavy atom. The number of benzene rings is 1. The summed E-state index contributed by atoms with van der Waals surface area (Å²) in [6.45, 7) is 0.768. The Kier molecular flexibility index (Phi) is 4.16. The molecule has 0 saturated heterocycles. The third-order valence-electron chi connectivity index (χ3n) is 4.30. The third-order valence-corrected chi connectivity index (χ3v) is 4.54. The highest BCUT2D eigenvalue weighted by Gasteiger charge is 2.28. The smallest absolute Gasteiger partial charge is 0.261 e. The lowest BCUT2D eigenvalue weighted by Crippen LogP contribution is -2.40. The zero-order valence-electron chi connectivity index (χ0n) is 11.6. The summed E-state index contributed by atoms with van der Waals surface area (Å²) in [6.07, 6.45) is 7.24. The molecule has 1 aromatic carbocycles. The van der Waals surface area contributed by atoms with Gasteiger partial charge in [-0.15, -0.1) is 0 Å². The molecule has 1 aliphatic carbocycles. The van der Waals surface area contributed by atoms with Gasteiger partial charge in [-0.25, -0.2) is 0 Å². The van der Waals surface area contributed by atoms with Crippen LogP contribution in [0.1, 0.15) is 44.1 Å². The van der Waals surface area contributed by atoms with Crippen molar-refractivity contribution in [1.29, 1.82) is 0 Å². The van der Waals surface area contributed by atoms with Crippen molar-refractivity contribution in [3.63, 3.8) is 0 Å². The fourth-order valence-corrected chi connectivity index (χ4v) is 3.40. The van der Waals surface area contributed by atoms with Crippen LogP contribution in [0, 0.1) is 0 Å². The highest BCUT2D eigenvalue weighted by molar-refractivity contribution is 6.30. The van der Waals surface area contributed by atoms with E-state index in [1.165, 1.54) is 25.7 Å². The molecule has 3 nitrogen and oxygen atoms in total. The van der Waals surface area contributed by atoms with Gasteiger partial charge in [0.15, 0.2) is 6.61 Å². The van der Waals surface area contributed by atoms with Crippen molar-refractivity contribution in [3.8, 4) is 5.75 Å². The fourth-order valence-electron chi connectivity index (χ4n) is 3.21. The summed E-state index contributed by atoms with van der Waals surface area (Å²) in [4.78, 5) is 14.4.